The number of amides is 1. The first-order chi connectivity index (χ1) is 13.5. The fraction of sp³-hybridized carbons (Fsp3) is 0.227. The van der Waals surface area contributed by atoms with E-state index in [1.807, 2.05) is 48.9 Å². The second-order valence-corrected chi connectivity index (χ2v) is 6.51. The van der Waals surface area contributed by atoms with Crippen molar-refractivity contribution in [2.75, 3.05) is 0 Å². The highest BCUT2D eigenvalue weighted by Crippen LogP contribution is 2.18. The number of aryl methyl sites for hydroxylation is 1. The number of nitrogens with zero attached hydrogens (tertiary/aromatic N) is 3. The molecule has 3 aromatic rings. The number of hydrogen-bond acceptors (Lipinski definition) is 4. The van der Waals surface area contributed by atoms with Gasteiger partial charge in [0.25, 0.3) is 5.91 Å². The first-order valence-electron chi connectivity index (χ1n) is 9.04. The lowest BCUT2D eigenvalue weighted by atomic mass is 10.2. The number of benzene rings is 2. The average molecular weight is 374 g/mol. The zero-order chi connectivity index (χ0) is 20.1. The summed E-state index contributed by atoms with van der Waals surface area (Å²) in [4.78, 5) is 12.4. The Morgan fingerprint density at radius 3 is 2.50 bits per heavy atom. The van der Waals surface area contributed by atoms with Crippen LogP contribution in [0.25, 0.3) is 5.69 Å². The molecule has 0 bridgehead atoms. The smallest absolute Gasteiger partial charge is 0.261 e. The van der Waals surface area contributed by atoms with Gasteiger partial charge in [0.15, 0.2) is 6.10 Å². The van der Waals surface area contributed by atoms with Gasteiger partial charge in [-0.15, -0.1) is 0 Å². The summed E-state index contributed by atoms with van der Waals surface area (Å²) in [6.45, 7) is 6.00. The van der Waals surface area contributed by atoms with Gasteiger partial charge in [-0.05, 0) is 57.2 Å². The van der Waals surface area contributed by atoms with E-state index >= 15 is 0 Å². The summed E-state index contributed by atoms with van der Waals surface area (Å²) in [5.74, 6) is 0.335. The molecule has 1 amide bonds. The predicted octanol–water partition coefficient (Wildman–Crippen LogP) is 3.44. The van der Waals surface area contributed by atoms with E-state index in [4.69, 9.17) is 10.00 Å². The van der Waals surface area contributed by atoms with Gasteiger partial charge in [-0.1, -0.05) is 18.2 Å². The van der Waals surface area contributed by atoms with E-state index < -0.39 is 6.10 Å². The SMILES string of the molecule is Cc1nn(-c2ccccc2)c(C)c1CNC(=O)[C@H](C)Oc1ccc(C#N)cc1. The van der Waals surface area contributed by atoms with Gasteiger partial charge in [-0.3, -0.25) is 4.79 Å². The molecule has 0 spiro atoms. The van der Waals surface area contributed by atoms with Gasteiger partial charge in [0.05, 0.1) is 23.0 Å². The summed E-state index contributed by atoms with van der Waals surface area (Å²) < 4.78 is 7.54. The van der Waals surface area contributed by atoms with Gasteiger partial charge in [0.2, 0.25) is 0 Å². The van der Waals surface area contributed by atoms with Crippen molar-refractivity contribution in [3.05, 3.63) is 77.1 Å². The van der Waals surface area contributed by atoms with Gasteiger partial charge in [-0.25, -0.2) is 4.68 Å². The summed E-state index contributed by atoms with van der Waals surface area (Å²) in [5.41, 5.74) is 4.39. The molecule has 0 aliphatic heterocycles. The number of rotatable bonds is 6. The maximum absolute atomic E-state index is 12.4. The third-order valence-electron chi connectivity index (χ3n) is 4.55. The van der Waals surface area contributed by atoms with Crippen molar-refractivity contribution < 1.29 is 9.53 Å². The number of aromatic nitrogens is 2. The molecule has 6 heteroatoms. The fourth-order valence-electron chi connectivity index (χ4n) is 2.94. The topological polar surface area (TPSA) is 79.9 Å². The second-order valence-electron chi connectivity index (χ2n) is 6.51. The van der Waals surface area contributed by atoms with Crippen LogP contribution in [0.3, 0.4) is 0 Å². The molecule has 2 aromatic carbocycles. The lowest BCUT2D eigenvalue weighted by Crippen LogP contribution is -2.36. The van der Waals surface area contributed by atoms with Crippen molar-refractivity contribution >= 4 is 5.91 Å². The molecule has 0 saturated heterocycles. The molecule has 0 aliphatic carbocycles. The standard InChI is InChI=1S/C22H22N4O2/c1-15-21(16(2)26(25-15)19-7-5-4-6-8-19)14-24-22(27)17(3)28-20-11-9-18(13-23)10-12-20/h4-12,17H,14H2,1-3H3,(H,24,27)/t17-/m0/s1. The van der Waals surface area contributed by atoms with Gasteiger partial charge < -0.3 is 10.1 Å². The Morgan fingerprint density at radius 1 is 1.18 bits per heavy atom. The highest BCUT2D eigenvalue weighted by atomic mass is 16.5. The Balaban J connectivity index is 1.64. The van der Waals surface area contributed by atoms with Crippen molar-refractivity contribution in [3.63, 3.8) is 0 Å². The monoisotopic (exact) mass is 374 g/mol. The number of hydrogen-bond donors (Lipinski definition) is 1. The van der Waals surface area contributed by atoms with E-state index in [0.717, 1.165) is 22.6 Å². The summed E-state index contributed by atoms with van der Waals surface area (Å²) in [6, 6.07) is 18.6. The third-order valence-corrected chi connectivity index (χ3v) is 4.55. The zero-order valence-electron chi connectivity index (χ0n) is 16.1. The van der Waals surface area contributed by atoms with Crippen molar-refractivity contribution in [2.45, 2.75) is 33.4 Å². The minimum Gasteiger partial charge on any atom is -0.481 e. The Bertz CT molecular complexity index is 1000. The maximum atomic E-state index is 12.4. The molecule has 0 radical (unpaired) electrons. The molecule has 0 saturated carbocycles. The van der Waals surface area contributed by atoms with Crippen LogP contribution >= 0.6 is 0 Å². The maximum Gasteiger partial charge on any atom is 0.261 e. The second kappa shape index (κ2) is 8.40. The van der Waals surface area contributed by atoms with E-state index in [0.29, 0.717) is 17.9 Å². The molecule has 1 heterocycles. The van der Waals surface area contributed by atoms with Gasteiger partial charge in [0, 0.05) is 17.8 Å². The first kappa shape index (κ1) is 19.2. The normalized spacial score (nSPS) is 11.5. The molecular formula is C22H22N4O2. The zero-order valence-corrected chi connectivity index (χ0v) is 16.1. The lowest BCUT2D eigenvalue weighted by molar-refractivity contribution is -0.127. The van der Waals surface area contributed by atoms with Gasteiger partial charge >= 0.3 is 0 Å². The van der Waals surface area contributed by atoms with Crippen LogP contribution in [0.2, 0.25) is 0 Å². The Labute approximate surface area is 164 Å². The van der Waals surface area contributed by atoms with E-state index in [-0.39, 0.29) is 5.91 Å². The molecule has 0 unspecified atom stereocenters. The Morgan fingerprint density at radius 2 is 1.86 bits per heavy atom. The van der Waals surface area contributed by atoms with Crippen LogP contribution in [0.1, 0.15) is 29.4 Å². The summed E-state index contributed by atoms with van der Waals surface area (Å²) in [7, 11) is 0. The molecule has 1 N–H and O–H groups in total. The highest BCUT2D eigenvalue weighted by Gasteiger charge is 2.17. The van der Waals surface area contributed by atoms with E-state index in [1.165, 1.54) is 0 Å². The van der Waals surface area contributed by atoms with Crippen molar-refractivity contribution in [3.8, 4) is 17.5 Å². The minimum atomic E-state index is -0.655. The third kappa shape index (κ3) is 4.21. The quantitative estimate of drug-likeness (QED) is 0.717. The minimum absolute atomic E-state index is 0.212. The Kier molecular flexibility index (Phi) is 5.75. The average Bonchev–Trinajstić information content (AvgIpc) is 3.01. The number of carbonyl (C=O) groups excluding carboxylic acids is 1. The van der Waals surface area contributed by atoms with Crippen LogP contribution in [-0.4, -0.2) is 21.8 Å². The van der Waals surface area contributed by atoms with E-state index in [2.05, 4.69) is 16.5 Å². The molecule has 1 atom stereocenters. The molecular weight excluding hydrogens is 352 g/mol. The summed E-state index contributed by atoms with van der Waals surface area (Å²) in [5, 5.41) is 16.3. The number of carbonyl (C=O) groups is 1. The highest BCUT2D eigenvalue weighted by molar-refractivity contribution is 5.80. The van der Waals surface area contributed by atoms with Crippen molar-refractivity contribution in [1.82, 2.24) is 15.1 Å². The number of ether oxygens (including phenoxy) is 1. The van der Waals surface area contributed by atoms with Crippen LogP contribution in [0.5, 0.6) is 5.75 Å². The predicted molar refractivity (Wildman–Crippen MR) is 106 cm³/mol. The van der Waals surface area contributed by atoms with Crippen molar-refractivity contribution in [2.24, 2.45) is 0 Å². The number of nitrogens with one attached hydrogen (secondary N) is 1. The molecule has 0 aliphatic rings. The molecule has 3 rings (SSSR count). The van der Waals surface area contributed by atoms with Gasteiger partial charge in [-0.2, -0.15) is 10.4 Å². The number of nitriles is 1. The van der Waals surface area contributed by atoms with E-state index in [9.17, 15) is 4.79 Å². The van der Waals surface area contributed by atoms with Crippen LogP contribution < -0.4 is 10.1 Å². The molecule has 142 valence electrons. The lowest BCUT2D eigenvalue weighted by Gasteiger charge is -2.15. The molecule has 6 nitrogen and oxygen atoms in total. The molecule has 28 heavy (non-hydrogen) atoms. The van der Waals surface area contributed by atoms with Crippen molar-refractivity contribution in [1.29, 1.82) is 5.26 Å². The summed E-state index contributed by atoms with van der Waals surface area (Å²) in [6.07, 6.45) is -0.655. The van der Waals surface area contributed by atoms with E-state index in [1.54, 1.807) is 31.2 Å². The van der Waals surface area contributed by atoms with Crippen LogP contribution in [0.4, 0.5) is 0 Å². The number of para-hydroxylation sites is 1. The first-order valence-corrected chi connectivity index (χ1v) is 9.04. The van der Waals surface area contributed by atoms with Gasteiger partial charge in [0.1, 0.15) is 5.75 Å². The molecule has 1 aromatic heterocycles. The van der Waals surface area contributed by atoms with Crippen LogP contribution in [-0.2, 0) is 11.3 Å². The van der Waals surface area contributed by atoms with Crippen LogP contribution in [0.15, 0.2) is 54.6 Å². The largest absolute Gasteiger partial charge is 0.481 e. The fourth-order valence-corrected chi connectivity index (χ4v) is 2.94. The summed E-state index contributed by atoms with van der Waals surface area (Å²) >= 11 is 0. The Hall–Kier alpha value is -3.59. The molecule has 0 fully saturated rings. The van der Waals surface area contributed by atoms with Crippen LogP contribution in [0, 0.1) is 25.2 Å².